The Bertz CT molecular complexity index is 629. The van der Waals surface area contributed by atoms with Crippen molar-refractivity contribution < 1.29 is 9.59 Å². The van der Waals surface area contributed by atoms with Crippen LogP contribution in [0, 0.1) is 5.92 Å². The van der Waals surface area contributed by atoms with E-state index in [1.165, 1.54) is 37.7 Å². The molecule has 0 spiro atoms. The summed E-state index contributed by atoms with van der Waals surface area (Å²) in [7, 11) is 0. The first-order chi connectivity index (χ1) is 12.2. The van der Waals surface area contributed by atoms with Gasteiger partial charge in [0.25, 0.3) is 0 Å². The second kappa shape index (κ2) is 9.93. The first-order valence-corrected chi connectivity index (χ1v) is 9.57. The van der Waals surface area contributed by atoms with E-state index in [9.17, 15) is 9.59 Å². The Morgan fingerprint density at radius 1 is 1.27 bits per heavy atom. The van der Waals surface area contributed by atoms with Crippen LogP contribution in [-0.2, 0) is 22.4 Å². The normalized spacial score (nSPS) is 17.8. The van der Waals surface area contributed by atoms with E-state index in [0.717, 1.165) is 24.1 Å². The lowest BCUT2D eigenvalue weighted by atomic mass is 9.84. The van der Waals surface area contributed by atoms with Crippen molar-refractivity contribution >= 4 is 29.9 Å². The van der Waals surface area contributed by atoms with Crippen LogP contribution in [0.4, 0.5) is 5.69 Å². The monoisotopic (exact) mass is 379 g/mol. The number of aryl methyl sites for hydroxylation is 1. The summed E-state index contributed by atoms with van der Waals surface area (Å²) in [5, 5.41) is 5.99. The van der Waals surface area contributed by atoms with Gasteiger partial charge < -0.3 is 16.4 Å². The summed E-state index contributed by atoms with van der Waals surface area (Å²) in [5.41, 5.74) is 9.06. The number of nitrogens with two attached hydrogens (primary N) is 1. The topological polar surface area (TPSA) is 84.2 Å². The lowest BCUT2D eigenvalue weighted by Gasteiger charge is -2.30. The Kier molecular flexibility index (Phi) is 7.91. The molecule has 2 amide bonds. The van der Waals surface area contributed by atoms with Crippen molar-refractivity contribution in [1.82, 2.24) is 5.32 Å². The molecular weight excluding hydrogens is 350 g/mol. The predicted octanol–water partition coefficient (Wildman–Crippen LogP) is 2.95. The first kappa shape index (κ1) is 20.7. The maximum atomic E-state index is 12.3. The van der Waals surface area contributed by atoms with Gasteiger partial charge >= 0.3 is 0 Å². The molecule has 0 bridgehead atoms. The Morgan fingerprint density at radius 3 is 2.77 bits per heavy atom. The van der Waals surface area contributed by atoms with Crippen LogP contribution in [-0.4, -0.2) is 24.4 Å². The van der Waals surface area contributed by atoms with E-state index in [4.69, 9.17) is 5.73 Å². The van der Waals surface area contributed by atoms with Crippen LogP contribution in [0.1, 0.15) is 56.1 Å². The molecule has 3 rings (SSSR count). The minimum Gasteiger partial charge on any atom is -0.352 e. The van der Waals surface area contributed by atoms with Crippen LogP contribution < -0.4 is 16.4 Å². The lowest BCUT2D eigenvalue weighted by Crippen LogP contribution is -2.45. The molecule has 144 valence electrons. The van der Waals surface area contributed by atoms with Gasteiger partial charge in [-0.1, -0.05) is 31.4 Å². The summed E-state index contributed by atoms with van der Waals surface area (Å²) >= 11 is 0. The highest BCUT2D eigenvalue weighted by molar-refractivity contribution is 5.99. The third-order valence-electron chi connectivity index (χ3n) is 5.48. The van der Waals surface area contributed by atoms with Crippen LogP contribution in [0.3, 0.4) is 0 Å². The fraction of sp³-hybridized carbons (Fsp3) is 0.600. The number of amides is 2. The number of halogens is 1. The van der Waals surface area contributed by atoms with Crippen molar-refractivity contribution in [2.45, 2.75) is 63.8 Å². The molecule has 1 heterocycles. The van der Waals surface area contributed by atoms with Crippen molar-refractivity contribution in [3.63, 3.8) is 0 Å². The number of nitrogens with one attached hydrogen (secondary N) is 2. The maximum Gasteiger partial charge on any atom is 0.228 e. The largest absolute Gasteiger partial charge is 0.352 e. The van der Waals surface area contributed by atoms with E-state index in [-0.39, 0.29) is 30.3 Å². The van der Waals surface area contributed by atoms with Gasteiger partial charge in [-0.15, -0.1) is 12.4 Å². The summed E-state index contributed by atoms with van der Waals surface area (Å²) in [5.74, 6) is 0.713. The molecule has 1 unspecified atom stereocenters. The number of rotatable bonds is 7. The molecule has 0 aromatic heterocycles. The van der Waals surface area contributed by atoms with Gasteiger partial charge in [-0.3, -0.25) is 9.59 Å². The molecule has 26 heavy (non-hydrogen) atoms. The van der Waals surface area contributed by atoms with Gasteiger partial charge in [-0.05, 0) is 48.8 Å². The van der Waals surface area contributed by atoms with Gasteiger partial charge in [-0.2, -0.15) is 0 Å². The summed E-state index contributed by atoms with van der Waals surface area (Å²) in [4.78, 5) is 23.7. The Balaban J connectivity index is 0.00000243. The maximum absolute atomic E-state index is 12.3. The van der Waals surface area contributed by atoms with Crippen molar-refractivity contribution in [1.29, 1.82) is 0 Å². The number of anilines is 1. The van der Waals surface area contributed by atoms with Gasteiger partial charge in [-0.25, -0.2) is 0 Å². The zero-order valence-electron chi connectivity index (χ0n) is 15.3. The number of hydrogen-bond acceptors (Lipinski definition) is 3. The van der Waals surface area contributed by atoms with Gasteiger partial charge in [0.15, 0.2) is 0 Å². The Morgan fingerprint density at radius 2 is 2.04 bits per heavy atom. The van der Waals surface area contributed by atoms with E-state index in [0.29, 0.717) is 25.3 Å². The first-order valence-electron chi connectivity index (χ1n) is 9.57. The third-order valence-corrected chi connectivity index (χ3v) is 5.48. The molecule has 1 aromatic carbocycles. The zero-order valence-corrected chi connectivity index (χ0v) is 16.1. The van der Waals surface area contributed by atoms with Crippen LogP contribution in [0.15, 0.2) is 18.2 Å². The van der Waals surface area contributed by atoms with E-state index < -0.39 is 0 Å². The van der Waals surface area contributed by atoms with Crippen molar-refractivity contribution in [2.24, 2.45) is 11.7 Å². The molecule has 1 atom stereocenters. The minimum atomic E-state index is 0. The molecule has 0 radical (unpaired) electrons. The van der Waals surface area contributed by atoms with Crippen LogP contribution in [0.25, 0.3) is 0 Å². The standard InChI is InChI=1S/C20H29N3O2.ClH/c21-13-18(15-6-2-1-3-7-15)23-19(24)8-4-5-14-9-10-17-16(11-14)12-20(25)22-17;/h9-11,15,18H,1-8,12-13,21H2,(H,22,25)(H,23,24);1H. The molecule has 4 N–H and O–H groups in total. The summed E-state index contributed by atoms with van der Waals surface area (Å²) in [6.45, 7) is 0.530. The van der Waals surface area contributed by atoms with E-state index in [1.54, 1.807) is 0 Å². The van der Waals surface area contributed by atoms with Crippen LogP contribution >= 0.6 is 12.4 Å². The molecular formula is C20H30ClN3O2. The Labute approximate surface area is 161 Å². The highest BCUT2D eigenvalue weighted by Crippen LogP contribution is 2.26. The van der Waals surface area contributed by atoms with Crippen LogP contribution in [0.5, 0.6) is 0 Å². The van der Waals surface area contributed by atoms with E-state index in [1.807, 2.05) is 12.1 Å². The molecule has 6 heteroatoms. The van der Waals surface area contributed by atoms with Crippen molar-refractivity contribution in [3.8, 4) is 0 Å². The molecule has 0 saturated heterocycles. The Hall–Kier alpha value is -1.59. The second-order valence-corrected chi connectivity index (χ2v) is 7.38. The fourth-order valence-electron chi connectivity index (χ4n) is 4.08. The SMILES string of the molecule is Cl.NCC(NC(=O)CCCc1ccc2c(c1)CC(=O)N2)C1CCCCC1. The lowest BCUT2D eigenvalue weighted by molar-refractivity contribution is -0.122. The van der Waals surface area contributed by atoms with Gasteiger partial charge in [0.05, 0.1) is 6.42 Å². The van der Waals surface area contributed by atoms with Gasteiger partial charge in [0.1, 0.15) is 0 Å². The van der Waals surface area contributed by atoms with Crippen molar-refractivity contribution in [3.05, 3.63) is 29.3 Å². The average Bonchev–Trinajstić information content (AvgIpc) is 2.99. The molecule has 1 saturated carbocycles. The fourth-order valence-corrected chi connectivity index (χ4v) is 4.08. The zero-order chi connectivity index (χ0) is 17.6. The molecule has 1 aromatic rings. The quantitative estimate of drug-likeness (QED) is 0.681. The van der Waals surface area contributed by atoms with Crippen LogP contribution in [0.2, 0.25) is 0 Å². The second-order valence-electron chi connectivity index (χ2n) is 7.38. The highest BCUT2D eigenvalue weighted by atomic mass is 35.5. The highest BCUT2D eigenvalue weighted by Gasteiger charge is 2.23. The third kappa shape index (κ3) is 5.45. The number of carbonyl (C=O) groups excluding carboxylic acids is 2. The number of benzene rings is 1. The number of carbonyl (C=O) groups is 2. The summed E-state index contributed by atoms with van der Waals surface area (Å²) in [6, 6.07) is 6.20. The van der Waals surface area contributed by atoms with E-state index in [2.05, 4.69) is 16.7 Å². The number of fused-ring (bicyclic) bond motifs is 1. The molecule has 5 nitrogen and oxygen atoms in total. The van der Waals surface area contributed by atoms with E-state index >= 15 is 0 Å². The number of hydrogen-bond donors (Lipinski definition) is 3. The smallest absolute Gasteiger partial charge is 0.228 e. The molecule has 1 fully saturated rings. The van der Waals surface area contributed by atoms with Gasteiger partial charge in [0.2, 0.25) is 11.8 Å². The van der Waals surface area contributed by atoms with Gasteiger partial charge in [0, 0.05) is 24.7 Å². The molecule has 2 aliphatic rings. The summed E-state index contributed by atoms with van der Waals surface area (Å²) < 4.78 is 0. The van der Waals surface area contributed by atoms with Crippen molar-refractivity contribution in [2.75, 3.05) is 11.9 Å². The predicted molar refractivity (Wildman–Crippen MR) is 107 cm³/mol. The molecule has 1 aliphatic carbocycles. The summed E-state index contributed by atoms with van der Waals surface area (Å²) in [6.07, 6.45) is 8.84. The average molecular weight is 380 g/mol. The minimum absolute atomic E-state index is 0. The molecule has 1 aliphatic heterocycles.